The molecule has 3 N–H and O–H groups in total. The molecule has 6 atom stereocenters. The number of methoxy groups -OCH3 is 1. The number of nitrogens with zero attached hydrogens (tertiary/aromatic N) is 2. The Morgan fingerprint density at radius 1 is 1.03 bits per heavy atom. The highest BCUT2D eigenvalue weighted by atomic mass is 16.6. The van der Waals surface area contributed by atoms with Crippen molar-refractivity contribution in [3.63, 3.8) is 0 Å². The number of hydrazone groups is 1. The third kappa shape index (κ3) is 4.96. The quantitative estimate of drug-likeness (QED) is 0.406. The van der Waals surface area contributed by atoms with Crippen LogP contribution in [0.3, 0.4) is 0 Å². The van der Waals surface area contributed by atoms with Crippen molar-refractivity contribution in [2.45, 2.75) is 76.2 Å². The smallest absolute Gasteiger partial charge is 0.428 e. The molecule has 0 aromatic heterocycles. The second kappa shape index (κ2) is 10.8. The molecule has 10 heteroatoms. The van der Waals surface area contributed by atoms with Gasteiger partial charge in [0.2, 0.25) is 11.8 Å². The van der Waals surface area contributed by atoms with E-state index in [2.05, 4.69) is 10.5 Å². The van der Waals surface area contributed by atoms with E-state index in [0.29, 0.717) is 24.3 Å². The number of amides is 3. The molecular formula is C27H35N3O7. The van der Waals surface area contributed by atoms with E-state index < -0.39 is 36.1 Å². The van der Waals surface area contributed by atoms with Gasteiger partial charge in [0.15, 0.2) is 0 Å². The highest BCUT2D eigenvalue weighted by Crippen LogP contribution is 2.50. The van der Waals surface area contributed by atoms with Gasteiger partial charge in [-0.2, -0.15) is 5.10 Å². The summed E-state index contributed by atoms with van der Waals surface area (Å²) in [6, 6.07) is 7.05. The molecule has 0 spiro atoms. The van der Waals surface area contributed by atoms with Gasteiger partial charge in [0.25, 0.3) is 0 Å². The summed E-state index contributed by atoms with van der Waals surface area (Å²) in [6.45, 7) is 0.0471. The van der Waals surface area contributed by atoms with Crippen LogP contribution in [0, 0.1) is 23.7 Å². The maximum absolute atomic E-state index is 13.6. The first kappa shape index (κ1) is 25.7. The summed E-state index contributed by atoms with van der Waals surface area (Å²) >= 11 is 0. The van der Waals surface area contributed by atoms with Gasteiger partial charge in [-0.15, -0.1) is 0 Å². The van der Waals surface area contributed by atoms with E-state index in [1.54, 1.807) is 31.4 Å². The van der Waals surface area contributed by atoms with Crippen LogP contribution in [-0.4, -0.2) is 64.1 Å². The van der Waals surface area contributed by atoms with E-state index in [4.69, 9.17) is 9.47 Å². The Morgan fingerprint density at radius 2 is 1.73 bits per heavy atom. The summed E-state index contributed by atoms with van der Waals surface area (Å²) < 4.78 is 10.4. The molecule has 0 bridgehead atoms. The predicted octanol–water partition coefficient (Wildman–Crippen LogP) is 2.36. The van der Waals surface area contributed by atoms with Gasteiger partial charge in [-0.05, 0) is 43.4 Å². The second-order valence-corrected chi connectivity index (χ2v) is 10.6. The summed E-state index contributed by atoms with van der Waals surface area (Å²) in [5, 5.41) is 25.8. The summed E-state index contributed by atoms with van der Waals surface area (Å²) in [6.07, 6.45) is 2.89. The highest BCUT2D eigenvalue weighted by Gasteiger charge is 2.60. The molecule has 1 aromatic carbocycles. The maximum Gasteiger partial charge on any atom is 0.428 e. The van der Waals surface area contributed by atoms with Crippen LogP contribution >= 0.6 is 0 Å². The second-order valence-electron chi connectivity index (χ2n) is 10.6. The number of rotatable bonds is 5. The largest absolute Gasteiger partial charge is 0.497 e. The predicted molar refractivity (Wildman–Crippen MR) is 132 cm³/mol. The standard InChI is InChI=1S/C27H35N3O7/c1-36-17-9-7-15(8-10-17)14-37-27(35)29-28-20-13-21(31)24(32)22-18(20)11-12-19-23(22)26(34)30(25(19)33)16-5-3-2-4-6-16/h7-10,16,18-19,21-24,31-32H,2-6,11-14H2,1H3,(H,29,35)/b28-20+/t18-,19-,21-,22+,23-,24-/m1/s1. The number of hydrogen-bond donors (Lipinski definition) is 3. The number of carbonyl (C=O) groups is 3. The third-order valence-corrected chi connectivity index (χ3v) is 8.57. The fraction of sp³-hybridized carbons (Fsp3) is 0.630. The van der Waals surface area contributed by atoms with Crippen molar-refractivity contribution in [3.8, 4) is 5.75 Å². The Bertz CT molecular complexity index is 1050. The first-order chi connectivity index (χ1) is 17.9. The first-order valence-electron chi connectivity index (χ1n) is 13.2. The van der Waals surface area contributed by atoms with Crippen molar-refractivity contribution in [1.82, 2.24) is 10.3 Å². The summed E-state index contributed by atoms with van der Waals surface area (Å²) in [5.74, 6) is -1.74. The van der Waals surface area contributed by atoms with Gasteiger partial charge in [-0.1, -0.05) is 31.4 Å². The van der Waals surface area contributed by atoms with Gasteiger partial charge < -0.3 is 19.7 Å². The number of benzene rings is 1. The highest BCUT2D eigenvalue weighted by molar-refractivity contribution is 6.06. The van der Waals surface area contributed by atoms with Crippen molar-refractivity contribution < 1.29 is 34.1 Å². The third-order valence-electron chi connectivity index (χ3n) is 8.57. The van der Waals surface area contributed by atoms with Crippen LogP contribution in [0.5, 0.6) is 5.75 Å². The van der Waals surface area contributed by atoms with Crippen molar-refractivity contribution in [3.05, 3.63) is 29.8 Å². The van der Waals surface area contributed by atoms with Crippen LogP contribution in [0.25, 0.3) is 0 Å². The molecule has 1 saturated heterocycles. The van der Waals surface area contributed by atoms with Crippen LogP contribution in [0.1, 0.15) is 56.9 Å². The van der Waals surface area contributed by atoms with Crippen LogP contribution in [0.4, 0.5) is 4.79 Å². The van der Waals surface area contributed by atoms with Crippen molar-refractivity contribution in [1.29, 1.82) is 0 Å². The Hall–Kier alpha value is -2.98. The summed E-state index contributed by atoms with van der Waals surface area (Å²) in [5.41, 5.74) is 3.70. The zero-order valence-corrected chi connectivity index (χ0v) is 21.0. The molecule has 4 aliphatic rings. The molecule has 3 aliphatic carbocycles. The van der Waals surface area contributed by atoms with Gasteiger partial charge in [0, 0.05) is 30.0 Å². The molecule has 0 radical (unpaired) electrons. The average Bonchev–Trinajstić information content (AvgIpc) is 3.18. The molecule has 200 valence electrons. The molecule has 1 heterocycles. The monoisotopic (exact) mass is 513 g/mol. The van der Waals surface area contributed by atoms with Crippen LogP contribution < -0.4 is 10.2 Å². The number of fused-ring (bicyclic) bond motifs is 3. The number of hydrogen-bond acceptors (Lipinski definition) is 8. The van der Waals surface area contributed by atoms with E-state index >= 15 is 0 Å². The molecule has 10 nitrogen and oxygen atoms in total. The number of imide groups is 1. The lowest BCUT2D eigenvalue weighted by molar-refractivity contribution is -0.145. The summed E-state index contributed by atoms with van der Waals surface area (Å²) in [4.78, 5) is 40.6. The summed E-state index contributed by atoms with van der Waals surface area (Å²) in [7, 11) is 1.57. The van der Waals surface area contributed by atoms with Crippen LogP contribution in [0.15, 0.2) is 29.4 Å². The molecule has 0 unspecified atom stereocenters. The van der Waals surface area contributed by atoms with E-state index in [0.717, 1.165) is 37.7 Å². The minimum absolute atomic E-state index is 0.0471. The minimum Gasteiger partial charge on any atom is -0.497 e. The lowest BCUT2D eigenvalue weighted by Gasteiger charge is -2.45. The molecule has 1 aromatic rings. The number of aliphatic hydroxyl groups is 2. The topological polar surface area (TPSA) is 138 Å². The number of aliphatic hydroxyl groups excluding tert-OH is 2. The minimum atomic E-state index is -1.14. The molecular weight excluding hydrogens is 478 g/mol. The van der Waals surface area contributed by atoms with E-state index in [1.165, 1.54) is 4.90 Å². The fourth-order valence-electron chi connectivity index (χ4n) is 6.74. The van der Waals surface area contributed by atoms with Crippen LogP contribution in [-0.2, 0) is 20.9 Å². The Labute approximate surface area is 216 Å². The Balaban J connectivity index is 1.27. The van der Waals surface area contributed by atoms with Crippen molar-refractivity contribution >= 4 is 23.6 Å². The van der Waals surface area contributed by atoms with Gasteiger partial charge in [0.05, 0.1) is 31.2 Å². The first-order valence-corrected chi connectivity index (χ1v) is 13.2. The normalized spacial score (nSPS) is 33.2. The van der Waals surface area contributed by atoms with Gasteiger partial charge in [0.1, 0.15) is 12.4 Å². The van der Waals surface area contributed by atoms with Crippen molar-refractivity contribution in [2.24, 2.45) is 28.8 Å². The molecule has 1 aliphatic heterocycles. The zero-order valence-electron chi connectivity index (χ0n) is 21.0. The molecule has 37 heavy (non-hydrogen) atoms. The SMILES string of the molecule is COc1ccc(COC(=O)N/N=C2\C[C@@H](O)[C@@H](O)[C@@H]3[C@@H]4C(=O)N(C5CCCCC5)C(=O)[C@@H]4CC[C@H]23)cc1. The van der Waals surface area contributed by atoms with Gasteiger partial charge in [-0.3, -0.25) is 14.5 Å². The van der Waals surface area contributed by atoms with Crippen LogP contribution in [0.2, 0.25) is 0 Å². The van der Waals surface area contributed by atoms with E-state index in [-0.39, 0.29) is 36.8 Å². The molecule has 3 saturated carbocycles. The Morgan fingerprint density at radius 3 is 2.43 bits per heavy atom. The lowest BCUT2D eigenvalue weighted by Crippen LogP contribution is -2.55. The van der Waals surface area contributed by atoms with E-state index in [9.17, 15) is 24.6 Å². The molecule has 5 rings (SSSR count). The zero-order chi connectivity index (χ0) is 26.1. The molecule has 4 fully saturated rings. The molecule has 3 amide bonds. The maximum atomic E-state index is 13.6. The number of likely N-dealkylation sites (tertiary alicyclic amines) is 1. The van der Waals surface area contributed by atoms with E-state index in [1.807, 2.05) is 0 Å². The number of nitrogens with one attached hydrogen (secondary N) is 1. The fourth-order valence-corrected chi connectivity index (χ4v) is 6.74. The lowest BCUT2D eigenvalue weighted by atomic mass is 9.60. The Kier molecular flexibility index (Phi) is 7.48. The van der Waals surface area contributed by atoms with Crippen molar-refractivity contribution in [2.75, 3.05) is 7.11 Å². The number of ether oxygens (including phenoxy) is 2. The van der Waals surface area contributed by atoms with Gasteiger partial charge in [-0.25, -0.2) is 10.2 Å². The van der Waals surface area contributed by atoms with Gasteiger partial charge >= 0.3 is 6.09 Å². The average molecular weight is 514 g/mol. The number of carbonyl (C=O) groups excluding carboxylic acids is 3.